The van der Waals surface area contributed by atoms with E-state index in [4.69, 9.17) is 24.7 Å². The lowest BCUT2D eigenvalue weighted by molar-refractivity contribution is -0.102. The van der Waals surface area contributed by atoms with Crippen LogP contribution in [-0.2, 0) is 15.1 Å². The lowest BCUT2D eigenvalue weighted by Crippen LogP contribution is -2.36. The fourth-order valence-electron chi connectivity index (χ4n) is 5.82. The summed E-state index contributed by atoms with van der Waals surface area (Å²) in [6.07, 6.45) is 1.73. The second kappa shape index (κ2) is 14.5. The zero-order valence-electron chi connectivity index (χ0n) is 27.0. The van der Waals surface area contributed by atoms with Crippen LogP contribution in [0.2, 0.25) is 0 Å². The van der Waals surface area contributed by atoms with E-state index in [1.807, 2.05) is 104 Å². The Morgan fingerprint density at radius 2 is 1.33 bits per heavy atom. The molecule has 0 bridgehead atoms. The van der Waals surface area contributed by atoms with E-state index in [9.17, 15) is 4.79 Å². The van der Waals surface area contributed by atoms with E-state index in [1.54, 1.807) is 37.2 Å². The molecule has 0 amide bonds. The lowest BCUT2D eigenvalue weighted by atomic mass is 9.80. The van der Waals surface area contributed by atoms with Crippen molar-refractivity contribution in [2.45, 2.75) is 31.3 Å². The van der Waals surface area contributed by atoms with E-state index < -0.39 is 17.9 Å². The number of Topliss-reactive ketones (excluding diaryl/α,β-unsaturated/α-hetero) is 1. The van der Waals surface area contributed by atoms with Gasteiger partial charge in [-0.05, 0) is 47.9 Å². The third kappa shape index (κ3) is 6.62. The number of ketones is 1. The average molecular weight is 644 g/mol. The minimum atomic E-state index is -1.03. The molecule has 10 nitrogen and oxygen atoms in total. The summed E-state index contributed by atoms with van der Waals surface area (Å²) < 4.78 is 26.4. The molecule has 48 heavy (non-hydrogen) atoms. The van der Waals surface area contributed by atoms with Gasteiger partial charge in [-0.1, -0.05) is 84.9 Å². The highest BCUT2D eigenvalue weighted by Gasteiger charge is 2.38. The van der Waals surface area contributed by atoms with Gasteiger partial charge in [-0.3, -0.25) is 9.36 Å². The Hall–Kier alpha value is -5.58. The molecule has 0 aliphatic rings. The molecular formula is C38H37N5O5. The summed E-state index contributed by atoms with van der Waals surface area (Å²) in [4.78, 5) is 26.4. The van der Waals surface area contributed by atoms with Gasteiger partial charge in [-0.2, -0.15) is 0 Å². The van der Waals surface area contributed by atoms with Gasteiger partial charge in [0.15, 0.2) is 17.2 Å². The van der Waals surface area contributed by atoms with Crippen molar-refractivity contribution in [2.75, 3.05) is 26.6 Å². The normalized spacial score (nSPS) is 12.8. The number of nitrogens with zero attached hydrogens (tertiary/aromatic N) is 4. The van der Waals surface area contributed by atoms with Crippen LogP contribution < -0.4 is 15.2 Å². The monoisotopic (exact) mass is 643 g/mol. The number of nitrogen functional groups attached to an aromatic ring is 1. The van der Waals surface area contributed by atoms with E-state index in [0.29, 0.717) is 16.7 Å². The number of rotatable bonds is 14. The maximum absolute atomic E-state index is 13.5. The first-order valence-corrected chi connectivity index (χ1v) is 15.6. The van der Waals surface area contributed by atoms with Crippen molar-refractivity contribution in [1.29, 1.82) is 0 Å². The zero-order valence-corrected chi connectivity index (χ0v) is 27.0. The van der Waals surface area contributed by atoms with Crippen LogP contribution in [0.1, 0.15) is 46.6 Å². The quantitative estimate of drug-likeness (QED) is 0.103. The number of fused-ring (bicyclic) bond motifs is 1. The van der Waals surface area contributed by atoms with Crippen LogP contribution in [0.25, 0.3) is 11.2 Å². The number of methoxy groups -OCH3 is 2. The topological polar surface area (TPSA) is 124 Å². The van der Waals surface area contributed by atoms with E-state index in [1.165, 1.54) is 6.33 Å². The SMILES string of the molecule is COc1ccc(C(OCC(C)O[C@H](CC(=O)c2ccccc2)n2cnc3c(N)ncnc32)(c2ccccc2)c2ccc(OC)cc2)cc1. The minimum Gasteiger partial charge on any atom is -0.497 e. The number of carbonyl (C=O) groups is 1. The fourth-order valence-corrected chi connectivity index (χ4v) is 5.82. The molecule has 0 radical (unpaired) electrons. The van der Waals surface area contributed by atoms with Crippen molar-refractivity contribution in [3.63, 3.8) is 0 Å². The van der Waals surface area contributed by atoms with Gasteiger partial charge in [0, 0.05) is 5.56 Å². The Morgan fingerprint density at radius 1 is 0.771 bits per heavy atom. The molecule has 2 N–H and O–H groups in total. The first-order chi connectivity index (χ1) is 23.4. The average Bonchev–Trinajstić information content (AvgIpc) is 3.58. The molecule has 2 atom stereocenters. The second-order valence-corrected chi connectivity index (χ2v) is 11.3. The van der Waals surface area contributed by atoms with Crippen LogP contribution in [0.3, 0.4) is 0 Å². The minimum absolute atomic E-state index is 0.0323. The first-order valence-electron chi connectivity index (χ1n) is 15.6. The number of imidazole rings is 1. The predicted octanol–water partition coefficient (Wildman–Crippen LogP) is 6.61. The molecule has 4 aromatic carbocycles. The highest BCUT2D eigenvalue weighted by molar-refractivity contribution is 5.96. The molecule has 10 heteroatoms. The second-order valence-electron chi connectivity index (χ2n) is 11.3. The zero-order chi connectivity index (χ0) is 33.5. The predicted molar refractivity (Wildman–Crippen MR) is 183 cm³/mol. The Balaban J connectivity index is 1.36. The number of nitrogens with two attached hydrogens (primary N) is 1. The molecule has 0 aliphatic carbocycles. The van der Waals surface area contributed by atoms with Crippen LogP contribution in [0.4, 0.5) is 5.82 Å². The Bertz CT molecular complexity index is 1900. The van der Waals surface area contributed by atoms with Crippen molar-refractivity contribution in [3.05, 3.63) is 144 Å². The van der Waals surface area contributed by atoms with Gasteiger partial charge in [0.05, 0.1) is 39.7 Å². The van der Waals surface area contributed by atoms with E-state index in [0.717, 1.165) is 28.2 Å². The third-order valence-corrected chi connectivity index (χ3v) is 8.25. The Kier molecular flexibility index (Phi) is 9.75. The number of ether oxygens (including phenoxy) is 4. The number of anilines is 1. The van der Waals surface area contributed by atoms with Gasteiger partial charge in [-0.15, -0.1) is 0 Å². The summed E-state index contributed by atoms with van der Waals surface area (Å²) in [5.41, 5.74) is 9.27. The van der Waals surface area contributed by atoms with Crippen LogP contribution in [0.15, 0.2) is 122 Å². The van der Waals surface area contributed by atoms with Crippen molar-refractivity contribution >= 4 is 22.8 Å². The van der Waals surface area contributed by atoms with Crippen molar-refractivity contribution in [1.82, 2.24) is 19.5 Å². The summed E-state index contributed by atoms with van der Waals surface area (Å²) in [5.74, 6) is 1.62. The van der Waals surface area contributed by atoms with E-state index in [-0.39, 0.29) is 24.6 Å². The number of hydrogen-bond donors (Lipinski definition) is 1. The molecule has 2 heterocycles. The molecule has 0 aliphatic heterocycles. The van der Waals surface area contributed by atoms with Gasteiger partial charge in [-0.25, -0.2) is 15.0 Å². The van der Waals surface area contributed by atoms with E-state index in [2.05, 4.69) is 15.0 Å². The number of aromatic nitrogens is 4. The molecule has 2 aromatic heterocycles. The van der Waals surface area contributed by atoms with Crippen LogP contribution in [0.5, 0.6) is 11.5 Å². The Labute approximate surface area is 279 Å². The maximum Gasteiger partial charge on any atom is 0.167 e. The highest BCUT2D eigenvalue weighted by Crippen LogP contribution is 2.42. The first kappa shape index (κ1) is 32.4. The summed E-state index contributed by atoms with van der Waals surface area (Å²) in [5, 5.41) is 0. The Morgan fingerprint density at radius 3 is 1.92 bits per heavy atom. The van der Waals surface area contributed by atoms with Gasteiger partial charge < -0.3 is 24.7 Å². The third-order valence-electron chi connectivity index (χ3n) is 8.25. The number of benzene rings is 4. The molecule has 6 aromatic rings. The number of carbonyl (C=O) groups excluding carboxylic acids is 1. The van der Waals surface area contributed by atoms with E-state index >= 15 is 0 Å². The summed E-state index contributed by atoms with van der Waals surface area (Å²) >= 11 is 0. The van der Waals surface area contributed by atoms with Crippen LogP contribution in [0, 0.1) is 0 Å². The summed E-state index contributed by atoms with van der Waals surface area (Å²) in [6, 6.07) is 34.9. The van der Waals surface area contributed by atoms with Gasteiger partial charge in [0.25, 0.3) is 0 Å². The van der Waals surface area contributed by atoms with Gasteiger partial charge in [0.1, 0.15) is 35.2 Å². The van der Waals surface area contributed by atoms with Crippen molar-refractivity contribution < 1.29 is 23.7 Å². The molecule has 0 fully saturated rings. The number of hydrogen-bond acceptors (Lipinski definition) is 9. The molecule has 6 rings (SSSR count). The molecule has 1 unspecified atom stereocenters. The van der Waals surface area contributed by atoms with Crippen LogP contribution >= 0.6 is 0 Å². The highest BCUT2D eigenvalue weighted by atomic mass is 16.6. The molecule has 0 saturated carbocycles. The van der Waals surface area contributed by atoms with Crippen molar-refractivity contribution in [3.8, 4) is 11.5 Å². The largest absolute Gasteiger partial charge is 0.497 e. The maximum atomic E-state index is 13.5. The lowest BCUT2D eigenvalue weighted by Gasteiger charge is -2.37. The smallest absolute Gasteiger partial charge is 0.167 e. The fraction of sp³-hybridized carbons (Fsp3) is 0.211. The summed E-state index contributed by atoms with van der Waals surface area (Å²) in [7, 11) is 3.28. The van der Waals surface area contributed by atoms with Gasteiger partial charge in [0.2, 0.25) is 0 Å². The van der Waals surface area contributed by atoms with Crippen LogP contribution in [-0.4, -0.2) is 52.2 Å². The van der Waals surface area contributed by atoms with Gasteiger partial charge >= 0.3 is 0 Å². The standard InChI is InChI=1S/C38H37N5O5/c1-26(48-34(22-33(44)27-10-6-4-7-11-27)43-25-42-35-36(39)40-24-41-37(35)43)23-47-38(28-12-8-5-9-13-28,29-14-18-31(45-2)19-15-29)30-16-20-32(46-3)21-17-30/h4-21,24-26,34H,22-23H2,1-3H3,(H2,39,40,41)/t26?,34-/m1/s1. The molecule has 0 spiro atoms. The molecule has 244 valence electrons. The van der Waals surface area contributed by atoms with Crippen molar-refractivity contribution in [2.24, 2.45) is 0 Å². The molecule has 0 saturated heterocycles. The molecular weight excluding hydrogens is 606 g/mol. The summed E-state index contributed by atoms with van der Waals surface area (Å²) in [6.45, 7) is 2.08.